The van der Waals surface area contributed by atoms with E-state index >= 15 is 0 Å². The lowest BCUT2D eigenvalue weighted by Gasteiger charge is -2.02. The molecule has 80 valence electrons. The summed E-state index contributed by atoms with van der Waals surface area (Å²) in [4.78, 5) is 15.8. The van der Waals surface area contributed by atoms with E-state index in [2.05, 4.69) is 20.9 Å². The molecule has 1 heterocycles. The monoisotopic (exact) mass is 275 g/mol. The average Bonchev–Trinajstić information content (AvgIpc) is 2.39. The SMILES string of the molecule is O=C(CBr)c1cccc(-c2ccccc2)n1. The standard InChI is InChI=1S/C13H10BrNO/c14-9-13(16)12-8-4-7-11(15-12)10-5-2-1-3-6-10/h1-8H,9H2. The van der Waals surface area contributed by atoms with E-state index in [4.69, 9.17) is 0 Å². The molecule has 16 heavy (non-hydrogen) atoms. The molecule has 0 amide bonds. The summed E-state index contributed by atoms with van der Waals surface area (Å²) in [5, 5.41) is 0.304. The van der Waals surface area contributed by atoms with Crippen LogP contribution in [0.25, 0.3) is 11.3 Å². The number of carbonyl (C=O) groups is 1. The number of Topliss-reactive ketones (excluding diaryl/α,β-unsaturated/α-hetero) is 1. The third-order valence-corrected chi connectivity index (χ3v) is 2.73. The van der Waals surface area contributed by atoms with E-state index in [0.717, 1.165) is 11.3 Å². The Morgan fingerprint density at radius 2 is 1.81 bits per heavy atom. The molecule has 0 saturated carbocycles. The molecule has 2 nitrogen and oxygen atoms in total. The number of benzene rings is 1. The number of hydrogen-bond acceptors (Lipinski definition) is 2. The van der Waals surface area contributed by atoms with Crippen molar-refractivity contribution >= 4 is 21.7 Å². The van der Waals surface area contributed by atoms with Gasteiger partial charge in [0.2, 0.25) is 0 Å². The second kappa shape index (κ2) is 5.03. The van der Waals surface area contributed by atoms with Crippen LogP contribution in [0, 0.1) is 0 Å². The fraction of sp³-hybridized carbons (Fsp3) is 0.0769. The predicted octanol–water partition coefficient (Wildman–Crippen LogP) is 3.33. The second-order valence-corrected chi connectivity index (χ2v) is 3.89. The van der Waals surface area contributed by atoms with Gasteiger partial charge in [0.05, 0.1) is 11.0 Å². The van der Waals surface area contributed by atoms with Crippen molar-refractivity contribution in [3.05, 3.63) is 54.2 Å². The van der Waals surface area contributed by atoms with Gasteiger partial charge in [0.25, 0.3) is 0 Å². The Kier molecular flexibility index (Phi) is 3.47. The summed E-state index contributed by atoms with van der Waals surface area (Å²) in [6.45, 7) is 0. The lowest BCUT2D eigenvalue weighted by Crippen LogP contribution is -2.03. The van der Waals surface area contributed by atoms with Gasteiger partial charge >= 0.3 is 0 Å². The van der Waals surface area contributed by atoms with Crippen molar-refractivity contribution in [3.8, 4) is 11.3 Å². The molecule has 0 fully saturated rings. The van der Waals surface area contributed by atoms with E-state index in [0.29, 0.717) is 11.0 Å². The van der Waals surface area contributed by atoms with E-state index < -0.39 is 0 Å². The van der Waals surface area contributed by atoms with Crippen LogP contribution in [-0.4, -0.2) is 16.1 Å². The summed E-state index contributed by atoms with van der Waals surface area (Å²) in [6, 6.07) is 15.3. The highest BCUT2D eigenvalue weighted by Crippen LogP contribution is 2.16. The van der Waals surface area contributed by atoms with Crippen LogP contribution in [0.3, 0.4) is 0 Å². The van der Waals surface area contributed by atoms with E-state index in [1.165, 1.54) is 0 Å². The molecule has 2 aromatic rings. The molecule has 0 aliphatic rings. The quantitative estimate of drug-likeness (QED) is 0.635. The number of aromatic nitrogens is 1. The van der Waals surface area contributed by atoms with Crippen LogP contribution in [-0.2, 0) is 0 Å². The summed E-state index contributed by atoms with van der Waals surface area (Å²) in [7, 11) is 0. The molecule has 0 radical (unpaired) electrons. The molecule has 0 bridgehead atoms. The minimum Gasteiger partial charge on any atom is -0.291 e. The Hall–Kier alpha value is -1.48. The zero-order valence-corrected chi connectivity index (χ0v) is 10.1. The molecule has 2 rings (SSSR count). The molecular weight excluding hydrogens is 266 g/mol. The number of rotatable bonds is 3. The molecule has 3 heteroatoms. The largest absolute Gasteiger partial charge is 0.291 e. The molecule has 1 aromatic heterocycles. The van der Waals surface area contributed by atoms with Crippen LogP contribution < -0.4 is 0 Å². The van der Waals surface area contributed by atoms with Gasteiger partial charge in [-0.05, 0) is 12.1 Å². The van der Waals surface area contributed by atoms with E-state index in [1.807, 2.05) is 42.5 Å². The summed E-state index contributed by atoms with van der Waals surface area (Å²) in [5.74, 6) is -0.00205. The molecule has 0 unspecified atom stereocenters. The van der Waals surface area contributed by atoms with Gasteiger partial charge in [0.1, 0.15) is 5.69 Å². The van der Waals surface area contributed by atoms with Crippen molar-refractivity contribution in [3.63, 3.8) is 0 Å². The zero-order chi connectivity index (χ0) is 11.4. The topological polar surface area (TPSA) is 30.0 Å². The summed E-state index contributed by atoms with van der Waals surface area (Å²) in [6.07, 6.45) is 0. The predicted molar refractivity (Wildman–Crippen MR) is 67.8 cm³/mol. The number of nitrogens with zero attached hydrogens (tertiary/aromatic N) is 1. The lowest BCUT2D eigenvalue weighted by atomic mass is 10.1. The molecular formula is C13H10BrNO. The van der Waals surface area contributed by atoms with Gasteiger partial charge in [0, 0.05) is 5.56 Å². The second-order valence-electron chi connectivity index (χ2n) is 3.33. The van der Waals surface area contributed by atoms with Gasteiger partial charge in [0.15, 0.2) is 5.78 Å². The van der Waals surface area contributed by atoms with Gasteiger partial charge in [-0.3, -0.25) is 4.79 Å². The van der Waals surface area contributed by atoms with E-state index in [-0.39, 0.29) is 5.78 Å². The number of pyridine rings is 1. The minimum atomic E-state index is -0.00205. The smallest absolute Gasteiger partial charge is 0.191 e. The van der Waals surface area contributed by atoms with Crippen LogP contribution in [0.1, 0.15) is 10.5 Å². The first-order valence-corrected chi connectivity index (χ1v) is 6.05. The minimum absolute atomic E-state index is 0.00205. The fourth-order valence-corrected chi connectivity index (χ4v) is 1.72. The van der Waals surface area contributed by atoms with E-state index in [1.54, 1.807) is 6.07 Å². The highest BCUT2D eigenvalue weighted by atomic mass is 79.9. The molecule has 1 aromatic carbocycles. The maximum Gasteiger partial charge on any atom is 0.191 e. The first-order valence-electron chi connectivity index (χ1n) is 4.93. The van der Waals surface area contributed by atoms with Crippen molar-refractivity contribution in [1.29, 1.82) is 0 Å². The maximum atomic E-state index is 11.5. The first kappa shape index (κ1) is 11.0. The Bertz CT molecular complexity index is 496. The summed E-state index contributed by atoms with van der Waals surface area (Å²) in [5.41, 5.74) is 2.34. The average molecular weight is 276 g/mol. The van der Waals surface area contributed by atoms with Crippen molar-refractivity contribution in [2.45, 2.75) is 0 Å². The van der Waals surface area contributed by atoms with Crippen LogP contribution in [0.4, 0.5) is 0 Å². The molecule has 0 aliphatic heterocycles. The first-order chi connectivity index (χ1) is 7.81. The zero-order valence-electron chi connectivity index (χ0n) is 8.56. The van der Waals surface area contributed by atoms with Gasteiger partial charge in [-0.25, -0.2) is 4.98 Å². The third-order valence-electron chi connectivity index (χ3n) is 2.23. The highest BCUT2D eigenvalue weighted by molar-refractivity contribution is 9.09. The molecule has 0 aliphatic carbocycles. The van der Waals surface area contributed by atoms with E-state index in [9.17, 15) is 4.79 Å². The van der Waals surface area contributed by atoms with Gasteiger partial charge < -0.3 is 0 Å². The van der Waals surface area contributed by atoms with Crippen LogP contribution in [0.5, 0.6) is 0 Å². The van der Waals surface area contributed by atoms with Gasteiger partial charge in [-0.15, -0.1) is 0 Å². The number of hydrogen-bond donors (Lipinski definition) is 0. The Balaban J connectivity index is 2.40. The normalized spacial score (nSPS) is 10.1. The van der Waals surface area contributed by atoms with Crippen molar-refractivity contribution < 1.29 is 4.79 Å². The number of halogens is 1. The summed E-state index contributed by atoms with van der Waals surface area (Å²) < 4.78 is 0. The van der Waals surface area contributed by atoms with Gasteiger partial charge in [-0.1, -0.05) is 52.3 Å². The number of carbonyl (C=O) groups excluding carboxylic acids is 1. The van der Waals surface area contributed by atoms with Crippen molar-refractivity contribution in [2.24, 2.45) is 0 Å². The Labute approximate surface area is 102 Å². The highest BCUT2D eigenvalue weighted by Gasteiger charge is 2.06. The molecule has 0 atom stereocenters. The van der Waals surface area contributed by atoms with Gasteiger partial charge in [-0.2, -0.15) is 0 Å². The number of ketones is 1. The van der Waals surface area contributed by atoms with Crippen LogP contribution >= 0.6 is 15.9 Å². The Morgan fingerprint density at radius 3 is 2.50 bits per heavy atom. The van der Waals surface area contributed by atoms with Crippen molar-refractivity contribution in [1.82, 2.24) is 4.98 Å². The summed E-state index contributed by atoms with van der Waals surface area (Å²) >= 11 is 3.14. The molecule has 0 saturated heterocycles. The Morgan fingerprint density at radius 1 is 1.06 bits per heavy atom. The van der Waals surface area contributed by atoms with Crippen LogP contribution in [0.2, 0.25) is 0 Å². The molecule has 0 spiro atoms. The third kappa shape index (κ3) is 2.36. The maximum absolute atomic E-state index is 11.5. The van der Waals surface area contributed by atoms with Crippen molar-refractivity contribution in [2.75, 3.05) is 5.33 Å². The fourth-order valence-electron chi connectivity index (χ4n) is 1.43. The lowest BCUT2D eigenvalue weighted by molar-refractivity contribution is 0.101. The molecule has 0 N–H and O–H groups in total. The number of alkyl halides is 1. The van der Waals surface area contributed by atoms with Crippen LogP contribution in [0.15, 0.2) is 48.5 Å².